The summed E-state index contributed by atoms with van der Waals surface area (Å²) in [4.78, 5) is 10.7. The first-order valence-corrected chi connectivity index (χ1v) is 4.19. The van der Waals surface area contributed by atoms with Gasteiger partial charge in [-0.05, 0) is 5.56 Å². The second-order valence-electron chi connectivity index (χ2n) is 2.92. The van der Waals surface area contributed by atoms with Crippen LogP contribution >= 0.6 is 0 Å². The molecule has 0 radical (unpaired) electrons. The van der Waals surface area contributed by atoms with Crippen molar-refractivity contribution in [2.24, 2.45) is 0 Å². The average molecular weight is 178 g/mol. The van der Waals surface area contributed by atoms with Crippen LogP contribution in [0, 0.1) is 0 Å². The Labute approximate surface area is 76.3 Å². The molecule has 0 aromatic heterocycles. The van der Waals surface area contributed by atoms with Crippen molar-refractivity contribution in [2.75, 3.05) is 6.61 Å². The number of benzene rings is 1. The van der Waals surface area contributed by atoms with E-state index >= 15 is 0 Å². The van der Waals surface area contributed by atoms with E-state index in [2.05, 4.69) is 0 Å². The molecule has 0 spiro atoms. The molecule has 1 saturated heterocycles. The van der Waals surface area contributed by atoms with E-state index in [-0.39, 0.29) is 12.6 Å². The van der Waals surface area contributed by atoms with Gasteiger partial charge in [-0.15, -0.1) is 0 Å². The fourth-order valence-electron chi connectivity index (χ4n) is 1.28. The van der Waals surface area contributed by atoms with Crippen LogP contribution in [0.15, 0.2) is 30.3 Å². The van der Waals surface area contributed by atoms with Crippen LogP contribution in [0.3, 0.4) is 0 Å². The Bertz CT molecular complexity index is 294. The lowest BCUT2D eigenvalue weighted by atomic mass is 10.1. The Kier molecular flexibility index (Phi) is 2.27. The summed E-state index contributed by atoms with van der Waals surface area (Å²) in [6.45, 7) is 0.0809. The van der Waals surface area contributed by atoms with Crippen molar-refractivity contribution in [3.8, 4) is 0 Å². The van der Waals surface area contributed by atoms with Crippen LogP contribution in [-0.2, 0) is 20.7 Å². The van der Waals surface area contributed by atoms with Crippen molar-refractivity contribution in [3.05, 3.63) is 35.9 Å². The van der Waals surface area contributed by atoms with Crippen LogP contribution in [0.4, 0.5) is 0 Å². The first-order chi connectivity index (χ1) is 6.34. The lowest BCUT2D eigenvalue weighted by Crippen LogP contribution is -2.11. The van der Waals surface area contributed by atoms with Gasteiger partial charge in [0.25, 0.3) is 0 Å². The van der Waals surface area contributed by atoms with Gasteiger partial charge in [-0.25, -0.2) is 4.79 Å². The van der Waals surface area contributed by atoms with Crippen molar-refractivity contribution in [1.29, 1.82) is 0 Å². The molecule has 0 saturated carbocycles. The zero-order valence-electron chi connectivity index (χ0n) is 7.10. The van der Waals surface area contributed by atoms with Gasteiger partial charge in [0, 0.05) is 6.42 Å². The molecule has 0 amide bonds. The van der Waals surface area contributed by atoms with Gasteiger partial charge >= 0.3 is 5.97 Å². The van der Waals surface area contributed by atoms with Gasteiger partial charge in [0.05, 0.1) is 0 Å². The number of carbonyl (C=O) groups excluding carboxylic acids is 1. The van der Waals surface area contributed by atoms with Crippen LogP contribution in [0.2, 0.25) is 0 Å². The third kappa shape index (κ3) is 2.06. The van der Waals surface area contributed by atoms with Crippen molar-refractivity contribution >= 4 is 5.97 Å². The smallest absolute Gasteiger partial charge is 0.334 e. The molecule has 3 nitrogen and oxygen atoms in total. The maximum atomic E-state index is 10.7. The average Bonchev–Trinajstić information content (AvgIpc) is 2.53. The summed E-state index contributed by atoms with van der Waals surface area (Å²) in [7, 11) is 0. The molecule has 1 aromatic rings. The number of ether oxygens (including phenoxy) is 2. The molecule has 0 unspecified atom stereocenters. The number of carbonyl (C=O) groups is 1. The van der Waals surface area contributed by atoms with E-state index in [0.717, 1.165) is 5.56 Å². The van der Waals surface area contributed by atoms with Gasteiger partial charge in [0.15, 0.2) is 0 Å². The predicted molar refractivity (Wildman–Crippen MR) is 46.0 cm³/mol. The summed E-state index contributed by atoms with van der Waals surface area (Å²) in [5, 5.41) is 0. The number of hydrogen-bond acceptors (Lipinski definition) is 3. The molecule has 1 aromatic carbocycles. The molecule has 13 heavy (non-hydrogen) atoms. The lowest BCUT2D eigenvalue weighted by molar-refractivity contribution is -0.142. The Balaban J connectivity index is 1.96. The van der Waals surface area contributed by atoms with Gasteiger partial charge in [-0.3, -0.25) is 0 Å². The van der Waals surface area contributed by atoms with Crippen molar-refractivity contribution in [1.82, 2.24) is 0 Å². The minimum absolute atomic E-state index is 0.0809. The molecule has 0 bridgehead atoms. The second kappa shape index (κ2) is 3.58. The molecule has 2 rings (SSSR count). The minimum atomic E-state index is -0.394. The van der Waals surface area contributed by atoms with Gasteiger partial charge in [-0.1, -0.05) is 30.3 Å². The van der Waals surface area contributed by atoms with E-state index in [4.69, 9.17) is 9.47 Å². The predicted octanol–water partition coefficient (Wildman–Crippen LogP) is 1.13. The maximum Gasteiger partial charge on any atom is 0.334 e. The molecular formula is C10H10O3. The molecule has 3 heteroatoms. The molecule has 1 fully saturated rings. The molecule has 0 N–H and O–H groups in total. The van der Waals surface area contributed by atoms with Crippen molar-refractivity contribution < 1.29 is 14.3 Å². The standard InChI is InChI=1S/C10H10O3/c11-9-7-12-10(13-9)6-8-4-2-1-3-5-8/h1-5,10H,6-7H2/t10-/m1/s1. The molecule has 1 aliphatic rings. The molecule has 0 aliphatic carbocycles. The van der Waals surface area contributed by atoms with E-state index in [1.54, 1.807) is 0 Å². The van der Waals surface area contributed by atoms with Gasteiger partial charge < -0.3 is 9.47 Å². The van der Waals surface area contributed by atoms with E-state index in [9.17, 15) is 4.79 Å². The van der Waals surface area contributed by atoms with Crippen LogP contribution in [0.5, 0.6) is 0 Å². The lowest BCUT2D eigenvalue weighted by Gasteiger charge is -2.07. The summed E-state index contributed by atoms with van der Waals surface area (Å²) in [6.07, 6.45) is 0.238. The van der Waals surface area contributed by atoms with Gasteiger partial charge in [0.2, 0.25) is 6.29 Å². The number of cyclic esters (lactones) is 1. The zero-order chi connectivity index (χ0) is 9.10. The Morgan fingerprint density at radius 3 is 2.69 bits per heavy atom. The van der Waals surface area contributed by atoms with Gasteiger partial charge in [0.1, 0.15) is 6.61 Å². The highest BCUT2D eigenvalue weighted by Crippen LogP contribution is 2.11. The fourth-order valence-corrected chi connectivity index (χ4v) is 1.28. The highest BCUT2D eigenvalue weighted by molar-refractivity contribution is 5.72. The normalized spacial score (nSPS) is 21.5. The highest BCUT2D eigenvalue weighted by Gasteiger charge is 2.23. The fraction of sp³-hybridized carbons (Fsp3) is 0.300. The molecular weight excluding hydrogens is 168 g/mol. The first kappa shape index (κ1) is 8.26. The van der Waals surface area contributed by atoms with E-state index < -0.39 is 6.29 Å². The van der Waals surface area contributed by atoms with Crippen LogP contribution in [-0.4, -0.2) is 18.9 Å². The number of hydrogen-bond donors (Lipinski definition) is 0. The largest absolute Gasteiger partial charge is 0.434 e. The molecule has 68 valence electrons. The number of esters is 1. The van der Waals surface area contributed by atoms with Crippen molar-refractivity contribution in [3.63, 3.8) is 0 Å². The number of rotatable bonds is 2. The second-order valence-corrected chi connectivity index (χ2v) is 2.92. The Hall–Kier alpha value is -1.35. The summed E-state index contributed by atoms with van der Waals surface area (Å²) in [6, 6.07) is 9.81. The summed E-state index contributed by atoms with van der Waals surface area (Å²) < 4.78 is 10.0. The molecule has 1 atom stereocenters. The summed E-state index contributed by atoms with van der Waals surface area (Å²) in [5.74, 6) is -0.277. The molecule has 1 heterocycles. The quantitative estimate of drug-likeness (QED) is 0.637. The molecule has 1 aliphatic heterocycles. The topological polar surface area (TPSA) is 35.5 Å². The Morgan fingerprint density at radius 1 is 1.31 bits per heavy atom. The van der Waals surface area contributed by atoms with E-state index in [0.29, 0.717) is 6.42 Å². The zero-order valence-corrected chi connectivity index (χ0v) is 7.10. The third-order valence-corrected chi connectivity index (χ3v) is 1.90. The summed E-state index contributed by atoms with van der Waals surface area (Å²) in [5.41, 5.74) is 1.11. The monoisotopic (exact) mass is 178 g/mol. The van der Waals surface area contributed by atoms with Crippen LogP contribution < -0.4 is 0 Å². The first-order valence-electron chi connectivity index (χ1n) is 4.19. The minimum Gasteiger partial charge on any atom is -0.434 e. The van der Waals surface area contributed by atoms with Crippen LogP contribution in [0.1, 0.15) is 5.56 Å². The maximum absolute atomic E-state index is 10.7. The Morgan fingerprint density at radius 2 is 2.08 bits per heavy atom. The van der Waals surface area contributed by atoms with E-state index in [1.807, 2.05) is 30.3 Å². The van der Waals surface area contributed by atoms with Crippen LogP contribution in [0.25, 0.3) is 0 Å². The summed E-state index contributed by atoms with van der Waals surface area (Å²) >= 11 is 0. The van der Waals surface area contributed by atoms with Crippen molar-refractivity contribution in [2.45, 2.75) is 12.7 Å². The SMILES string of the molecule is O=C1CO[C@@H](Cc2ccccc2)O1. The van der Waals surface area contributed by atoms with Gasteiger partial charge in [-0.2, -0.15) is 0 Å². The van der Waals surface area contributed by atoms with E-state index in [1.165, 1.54) is 0 Å². The third-order valence-electron chi connectivity index (χ3n) is 1.90. The highest BCUT2D eigenvalue weighted by atomic mass is 16.7.